The zero-order chi connectivity index (χ0) is 20.1. The third kappa shape index (κ3) is 4.79. The Morgan fingerprint density at radius 1 is 1.03 bits per heavy atom. The normalized spacial score (nSPS) is 16.3. The Bertz CT molecular complexity index is 954. The van der Waals surface area contributed by atoms with E-state index in [4.69, 9.17) is 0 Å². The molecule has 0 N–H and O–H groups in total. The number of aryl methyl sites for hydroxylation is 2. The monoisotopic (exact) mass is 425 g/mol. The molecule has 0 radical (unpaired) electrons. The second kappa shape index (κ2) is 9.41. The molecule has 2 aromatic heterocycles. The molecule has 1 aliphatic rings. The highest BCUT2D eigenvalue weighted by Gasteiger charge is 2.36. The van der Waals surface area contributed by atoms with E-state index in [2.05, 4.69) is 34.5 Å². The van der Waals surface area contributed by atoms with Crippen LogP contribution in [0.5, 0.6) is 0 Å². The molecule has 29 heavy (non-hydrogen) atoms. The number of amides is 1. The molecule has 3 heterocycles. The molecule has 7 heteroatoms. The van der Waals surface area contributed by atoms with Crippen molar-refractivity contribution in [2.75, 3.05) is 6.54 Å². The van der Waals surface area contributed by atoms with Crippen molar-refractivity contribution in [3.8, 4) is 0 Å². The van der Waals surface area contributed by atoms with Gasteiger partial charge in [-0.3, -0.25) is 9.59 Å². The fourth-order valence-electron chi connectivity index (χ4n) is 3.66. The van der Waals surface area contributed by atoms with Gasteiger partial charge in [-0.05, 0) is 49.1 Å². The number of aromatic nitrogens is 2. The van der Waals surface area contributed by atoms with Gasteiger partial charge in [0.1, 0.15) is 10.0 Å². The number of hydrogen-bond acceptors (Lipinski definition) is 6. The maximum Gasteiger partial charge on any atom is 0.296 e. The van der Waals surface area contributed by atoms with Crippen LogP contribution in [-0.4, -0.2) is 33.3 Å². The van der Waals surface area contributed by atoms with Crippen LogP contribution < -0.4 is 0 Å². The number of nitrogens with zero attached hydrogens (tertiary/aromatic N) is 3. The fraction of sp³-hybridized carbons (Fsp3) is 0.364. The third-order valence-corrected chi connectivity index (χ3v) is 7.12. The summed E-state index contributed by atoms with van der Waals surface area (Å²) in [5, 5.41) is 12.4. The minimum absolute atomic E-state index is 0.123. The summed E-state index contributed by atoms with van der Waals surface area (Å²) in [5.41, 5.74) is 1.36. The van der Waals surface area contributed by atoms with Crippen LogP contribution in [0.1, 0.15) is 57.0 Å². The minimum atomic E-state index is -0.422. The zero-order valence-electron chi connectivity index (χ0n) is 16.1. The van der Waals surface area contributed by atoms with E-state index in [0.717, 1.165) is 48.5 Å². The maximum absolute atomic E-state index is 12.7. The van der Waals surface area contributed by atoms with Gasteiger partial charge >= 0.3 is 0 Å². The molecular weight excluding hydrogens is 402 g/mol. The number of carbonyl (C=O) groups excluding carboxylic acids is 2. The molecule has 1 saturated heterocycles. The van der Waals surface area contributed by atoms with Gasteiger partial charge in [0.2, 0.25) is 0 Å². The van der Waals surface area contributed by atoms with Crippen LogP contribution >= 0.6 is 22.7 Å². The van der Waals surface area contributed by atoms with Crippen molar-refractivity contribution in [1.29, 1.82) is 0 Å². The summed E-state index contributed by atoms with van der Waals surface area (Å²) in [4.78, 5) is 27.4. The number of thiophene rings is 1. The summed E-state index contributed by atoms with van der Waals surface area (Å²) < 4.78 is 0. The van der Waals surface area contributed by atoms with Crippen LogP contribution in [0.25, 0.3) is 0 Å². The van der Waals surface area contributed by atoms with Crippen LogP contribution in [0.3, 0.4) is 0 Å². The second-order valence-corrected chi connectivity index (χ2v) is 9.23. The van der Waals surface area contributed by atoms with Crippen molar-refractivity contribution in [3.05, 3.63) is 68.3 Å². The predicted octanol–water partition coefficient (Wildman–Crippen LogP) is 4.71. The molecule has 4 rings (SSSR count). The van der Waals surface area contributed by atoms with Crippen molar-refractivity contribution < 1.29 is 9.59 Å². The SMILES string of the molecule is O=C(C(=O)N1CCCC1c1nnc(CCCCc2ccccc2)s1)c1cccs1. The highest BCUT2D eigenvalue weighted by molar-refractivity contribution is 7.13. The first-order valence-electron chi connectivity index (χ1n) is 9.97. The first kappa shape index (κ1) is 19.9. The number of likely N-dealkylation sites (tertiary alicyclic amines) is 1. The summed E-state index contributed by atoms with van der Waals surface area (Å²) in [6.45, 7) is 0.604. The Kier molecular flexibility index (Phi) is 6.46. The van der Waals surface area contributed by atoms with Gasteiger partial charge in [0.25, 0.3) is 11.7 Å². The zero-order valence-corrected chi connectivity index (χ0v) is 17.8. The van der Waals surface area contributed by atoms with E-state index >= 15 is 0 Å². The Hall–Kier alpha value is -2.38. The molecule has 3 aromatic rings. The third-order valence-electron chi connectivity index (χ3n) is 5.17. The lowest BCUT2D eigenvalue weighted by atomic mass is 10.1. The topological polar surface area (TPSA) is 63.2 Å². The standard InChI is InChI=1S/C22H23N3O2S2/c26-20(18-12-7-15-28-18)22(27)25-14-6-11-17(25)21-24-23-19(29-21)13-5-4-10-16-8-2-1-3-9-16/h1-3,7-9,12,15,17H,4-6,10-11,13-14H2. The molecule has 0 spiro atoms. The lowest BCUT2D eigenvalue weighted by Crippen LogP contribution is -2.35. The molecule has 1 aliphatic heterocycles. The van der Waals surface area contributed by atoms with Crippen molar-refractivity contribution in [2.45, 2.75) is 44.6 Å². The summed E-state index contributed by atoms with van der Waals surface area (Å²) in [7, 11) is 0. The Morgan fingerprint density at radius 3 is 2.66 bits per heavy atom. The van der Waals surface area contributed by atoms with Gasteiger partial charge in [-0.2, -0.15) is 0 Å². The van der Waals surface area contributed by atoms with Gasteiger partial charge in [-0.25, -0.2) is 0 Å². The van der Waals surface area contributed by atoms with Crippen molar-refractivity contribution >= 4 is 34.4 Å². The van der Waals surface area contributed by atoms with Crippen LogP contribution in [0.4, 0.5) is 0 Å². The molecule has 1 atom stereocenters. The van der Waals surface area contributed by atoms with E-state index in [9.17, 15) is 9.59 Å². The average molecular weight is 426 g/mol. The van der Waals surface area contributed by atoms with E-state index in [0.29, 0.717) is 11.4 Å². The molecule has 0 aliphatic carbocycles. The number of ketones is 1. The number of rotatable bonds is 8. The number of unbranched alkanes of at least 4 members (excludes halogenated alkanes) is 1. The number of Topliss-reactive ketones (excluding diaryl/α,β-unsaturated/α-hetero) is 1. The number of carbonyl (C=O) groups is 2. The Labute approximate surface area is 178 Å². The van der Waals surface area contributed by atoms with E-state index in [1.165, 1.54) is 16.9 Å². The number of benzene rings is 1. The van der Waals surface area contributed by atoms with Crippen molar-refractivity contribution in [1.82, 2.24) is 15.1 Å². The first-order valence-corrected chi connectivity index (χ1v) is 11.7. The lowest BCUT2D eigenvalue weighted by Gasteiger charge is -2.21. The average Bonchev–Trinajstić information content (AvgIpc) is 3.52. The van der Waals surface area contributed by atoms with E-state index in [-0.39, 0.29) is 6.04 Å². The van der Waals surface area contributed by atoms with Gasteiger partial charge in [0.15, 0.2) is 0 Å². The fourth-order valence-corrected chi connectivity index (χ4v) is 5.35. The highest BCUT2D eigenvalue weighted by Crippen LogP contribution is 2.34. The molecule has 0 saturated carbocycles. The van der Waals surface area contributed by atoms with Crippen LogP contribution in [0.2, 0.25) is 0 Å². The maximum atomic E-state index is 12.7. The second-order valence-electron chi connectivity index (χ2n) is 7.19. The van der Waals surface area contributed by atoms with Gasteiger partial charge in [-0.15, -0.1) is 21.5 Å². The smallest absolute Gasteiger partial charge is 0.296 e. The molecule has 5 nitrogen and oxygen atoms in total. The van der Waals surface area contributed by atoms with Crippen molar-refractivity contribution in [3.63, 3.8) is 0 Å². The van der Waals surface area contributed by atoms with Gasteiger partial charge in [0, 0.05) is 13.0 Å². The van der Waals surface area contributed by atoms with E-state index in [1.807, 2.05) is 11.4 Å². The molecule has 1 amide bonds. The van der Waals surface area contributed by atoms with E-state index in [1.54, 1.807) is 28.4 Å². The number of hydrogen-bond donors (Lipinski definition) is 0. The van der Waals surface area contributed by atoms with Crippen molar-refractivity contribution in [2.24, 2.45) is 0 Å². The molecule has 1 fully saturated rings. The molecule has 1 aromatic carbocycles. The van der Waals surface area contributed by atoms with Crippen LogP contribution in [0.15, 0.2) is 47.8 Å². The summed E-state index contributed by atoms with van der Waals surface area (Å²) >= 11 is 2.89. The first-order chi connectivity index (χ1) is 14.2. The summed E-state index contributed by atoms with van der Waals surface area (Å²) in [5.74, 6) is -0.841. The largest absolute Gasteiger partial charge is 0.326 e. The molecule has 1 unspecified atom stereocenters. The Morgan fingerprint density at radius 2 is 1.86 bits per heavy atom. The minimum Gasteiger partial charge on any atom is -0.326 e. The molecular formula is C22H23N3O2S2. The van der Waals surface area contributed by atoms with E-state index < -0.39 is 11.7 Å². The van der Waals surface area contributed by atoms with Crippen LogP contribution in [-0.2, 0) is 17.6 Å². The van der Waals surface area contributed by atoms with Gasteiger partial charge in [-0.1, -0.05) is 47.7 Å². The highest BCUT2D eigenvalue weighted by atomic mass is 32.1. The van der Waals surface area contributed by atoms with Crippen LogP contribution in [0, 0.1) is 0 Å². The summed E-state index contributed by atoms with van der Waals surface area (Å²) in [6, 6.07) is 13.9. The Balaban J connectivity index is 1.33. The molecule has 0 bridgehead atoms. The van der Waals surface area contributed by atoms with Gasteiger partial charge < -0.3 is 4.90 Å². The lowest BCUT2D eigenvalue weighted by molar-refractivity contribution is -0.127. The predicted molar refractivity (Wildman–Crippen MR) is 115 cm³/mol. The summed E-state index contributed by atoms with van der Waals surface area (Å²) in [6.07, 6.45) is 5.88. The molecule has 150 valence electrons. The van der Waals surface area contributed by atoms with Gasteiger partial charge in [0.05, 0.1) is 10.9 Å². The quantitative estimate of drug-likeness (QED) is 0.298.